The van der Waals surface area contributed by atoms with E-state index in [0.29, 0.717) is 30.5 Å². The molecule has 1 heterocycles. The molecule has 0 saturated heterocycles. The molecule has 7 heteroatoms. The fourth-order valence-electron chi connectivity index (χ4n) is 3.24. The van der Waals surface area contributed by atoms with Gasteiger partial charge in [-0.3, -0.25) is 4.79 Å². The van der Waals surface area contributed by atoms with Gasteiger partial charge in [0, 0.05) is 0 Å². The van der Waals surface area contributed by atoms with E-state index < -0.39 is 5.97 Å². The van der Waals surface area contributed by atoms with Crippen LogP contribution in [0.4, 0.5) is 0 Å². The van der Waals surface area contributed by atoms with E-state index in [0.717, 1.165) is 16.7 Å². The second-order valence-electron chi connectivity index (χ2n) is 7.89. The summed E-state index contributed by atoms with van der Waals surface area (Å²) in [6.07, 6.45) is 0. The Morgan fingerprint density at radius 1 is 0.968 bits per heavy atom. The molecular formula is C24H29NO6. The lowest BCUT2D eigenvalue weighted by atomic mass is 9.95. The number of fused-ring (bicyclic) bond motifs is 1. The molecule has 0 aromatic heterocycles. The number of nitrogens with one attached hydrogen (secondary N) is 1. The SMILES string of the molecule is Cc1ccc(OCC(=O)OCC(=O)N[C@H](c2ccc3c(c2)OCCO3)C(C)C)cc1C. The number of rotatable bonds is 8. The van der Waals surface area contributed by atoms with Crippen molar-refractivity contribution in [3.8, 4) is 17.2 Å². The van der Waals surface area contributed by atoms with Gasteiger partial charge in [0.2, 0.25) is 0 Å². The Morgan fingerprint density at radius 3 is 2.42 bits per heavy atom. The van der Waals surface area contributed by atoms with Gasteiger partial charge >= 0.3 is 5.97 Å². The van der Waals surface area contributed by atoms with E-state index in [-0.39, 0.29) is 31.1 Å². The van der Waals surface area contributed by atoms with Crippen molar-refractivity contribution >= 4 is 11.9 Å². The first kappa shape index (κ1) is 22.5. The number of carbonyl (C=O) groups is 2. The van der Waals surface area contributed by atoms with Crippen LogP contribution in [0.1, 0.15) is 36.6 Å². The number of hydrogen-bond acceptors (Lipinski definition) is 6. The third kappa shape index (κ3) is 6.13. The highest BCUT2D eigenvalue weighted by atomic mass is 16.6. The van der Waals surface area contributed by atoms with Gasteiger partial charge in [-0.25, -0.2) is 4.79 Å². The maximum Gasteiger partial charge on any atom is 0.344 e. The van der Waals surface area contributed by atoms with E-state index in [2.05, 4.69) is 5.32 Å². The fourth-order valence-corrected chi connectivity index (χ4v) is 3.24. The molecule has 2 aromatic rings. The highest BCUT2D eigenvalue weighted by Crippen LogP contribution is 2.34. The summed E-state index contributed by atoms with van der Waals surface area (Å²) < 4.78 is 21.7. The van der Waals surface area contributed by atoms with Gasteiger partial charge < -0.3 is 24.3 Å². The van der Waals surface area contributed by atoms with Crippen molar-refractivity contribution in [2.75, 3.05) is 26.4 Å². The van der Waals surface area contributed by atoms with Gasteiger partial charge in [0.05, 0.1) is 6.04 Å². The number of ether oxygens (including phenoxy) is 4. The van der Waals surface area contributed by atoms with Crippen molar-refractivity contribution in [3.05, 3.63) is 53.1 Å². The molecule has 0 aliphatic carbocycles. The Kier molecular flexibility index (Phi) is 7.39. The molecule has 1 N–H and O–H groups in total. The minimum Gasteiger partial charge on any atom is -0.486 e. The number of benzene rings is 2. The van der Waals surface area contributed by atoms with Crippen LogP contribution >= 0.6 is 0 Å². The smallest absolute Gasteiger partial charge is 0.344 e. The molecule has 1 aliphatic rings. The maximum absolute atomic E-state index is 12.4. The third-order valence-electron chi connectivity index (χ3n) is 5.11. The maximum atomic E-state index is 12.4. The number of aryl methyl sites for hydroxylation is 2. The topological polar surface area (TPSA) is 83.1 Å². The zero-order valence-electron chi connectivity index (χ0n) is 18.4. The van der Waals surface area contributed by atoms with Crippen LogP contribution in [0.2, 0.25) is 0 Å². The Morgan fingerprint density at radius 2 is 1.71 bits per heavy atom. The van der Waals surface area contributed by atoms with Crippen LogP contribution in [0.15, 0.2) is 36.4 Å². The molecule has 166 valence electrons. The second kappa shape index (κ2) is 10.2. The molecule has 3 rings (SSSR count). The molecule has 7 nitrogen and oxygen atoms in total. The minimum absolute atomic E-state index is 0.121. The lowest BCUT2D eigenvalue weighted by Crippen LogP contribution is -2.35. The normalized spacial score (nSPS) is 13.5. The summed E-state index contributed by atoms with van der Waals surface area (Å²) in [4.78, 5) is 24.4. The van der Waals surface area contributed by atoms with E-state index in [4.69, 9.17) is 18.9 Å². The van der Waals surface area contributed by atoms with Gasteiger partial charge in [0.25, 0.3) is 5.91 Å². The predicted octanol–water partition coefficient (Wildman–Crippen LogP) is 3.51. The van der Waals surface area contributed by atoms with Crippen molar-refractivity contribution in [2.24, 2.45) is 5.92 Å². The van der Waals surface area contributed by atoms with Gasteiger partial charge in [-0.2, -0.15) is 0 Å². The average molecular weight is 427 g/mol. The van der Waals surface area contributed by atoms with Crippen molar-refractivity contribution in [1.29, 1.82) is 0 Å². The summed E-state index contributed by atoms with van der Waals surface area (Å²) in [7, 11) is 0. The van der Waals surface area contributed by atoms with Crippen LogP contribution in [0, 0.1) is 19.8 Å². The minimum atomic E-state index is -0.603. The van der Waals surface area contributed by atoms with Crippen molar-refractivity contribution < 1.29 is 28.5 Å². The van der Waals surface area contributed by atoms with Crippen LogP contribution in [0.3, 0.4) is 0 Å². The first-order valence-corrected chi connectivity index (χ1v) is 10.4. The summed E-state index contributed by atoms with van der Waals surface area (Å²) in [6, 6.07) is 10.9. The predicted molar refractivity (Wildman–Crippen MR) is 116 cm³/mol. The van der Waals surface area contributed by atoms with Crippen LogP contribution in [-0.2, 0) is 14.3 Å². The van der Waals surface area contributed by atoms with E-state index in [1.54, 1.807) is 6.07 Å². The van der Waals surface area contributed by atoms with Crippen LogP contribution in [0.5, 0.6) is 17.2 Å². The van der Waals surface area contributed by atoms with E-state index >= 15 is 0 Å². The van der Waals surface area contributed by atoms with Crippen molar-refractivity contribution in [3.63, 3.8) is 0 Å². The fraction of sp³-hybridized carbons (Fsp3) is 0.417. The molecule has 0 saturated carbocycles. The number of hydrogen-bond donors (Lipinski definition) is 1. The number of carbonyl (C=O) groups excluding carboxylic acids is 2. The molecule has 1 atom stereocenters. The zero-order valence-corrected chi connectivity index (χ0v) is 18.4. The molecule has 0 bridgehead atoms. The van der Waals surface area contributed by atoms with E-state index in [1.807, 2.05) is 58.0 Å². The van der Waals surface area contributed by atoms with Crippen molar-refractivity contribution in [1.82, 2.24) is 5.32 Å². The quantitative estimate of drug-likeness (QED) is 0.649. The van der Waals surface area contributed by atoms with Gasteiger partial charge in [0.1, 0.15) is 19.0 Å². The van der Waals surface area contributed by atoms with Gasteiger partial charge in [-0.15, -0.1) is 0 Å². The standard InChI is InChI=1S/C24H29NO6/c1-15(2)24(18-6-8-20-21(12-18)29-10-9-28-20)25-22(26)13-31-23(27)14-30-19-7-5-16(3)17(4)11-19/h5-8,11-12,15,24H,9-10,13-14H2,1-4H3,(H,25,26)/t24-/m0/s1. The summed E-state index contributed by atoms with van der Waals surface area (Å²) in [5.41, 5.74) is 3.12. The second-order valence-corrected chi connectivity index (χ2v) is 7.89. The number of amides is 1. The molecule has 0 spiro atoms. The first-order chi connectivity index (χ1) is 14.8. The van der Waals surface area contributed by atoms with Crippen LogP contribution in [-0.4, -0.2) is 38.3 Å². The summed E-state index contributed by atoms with van der Waals surface area (Å²) in [6.45, 7) is 8.37. The lowest BCUT2D eigenvalue weighted by molar-refractivity contribution is -0.150. The molecule has 0 unspecified atom stereocenters. The number of esters is 1. The Hall–Kier alpha value is -3.22. The average Bonchev–Trinajstić information content (AvgIpc) is 2.76. The molecule has 1 aliphatic heterocycles. The Balaban J connectivity index is 1.50. The first-order valence-electron chi connectivity index (χ1n) is 10.4. The lowest BCUT2D eigenvalue weighted by Gasteiger charge is -2.25. The summed E-state index contributed by atoms with van der Waals surface area (Å²) >= 11 is 0. The van der Waals surface area contributed by atoms with E-state index in [1.165, 1.54) is 0 Å². The molecule has 1 amide bonds. The summed E-state index contributed by atoms with van der Waals surface area (Å²) in [5, 5.41) is 2.93. The van der Waals surface area contributed by atoms with Gasteiger partial charge in [-0.05, 0) is 60.7 Å². The van der Waals surface area contributed by atoms with Crippen molar-refractivity contribution in [2.45, 2.75) is 33.7 Å². The van der Waals surface area contributed by atoms with Crippen LogP contribution in [0.25, 0.3) is 0 Å². The zero-order chi connectivity index (χ0) is 22.4. The van der Waals surface area contributed by atoms with Crippen LogP contribution < -0.4 is 19.5 Å². The van der Waals surface area contributed by atoms with Gasteiger partial charge in [0.15, 0.2) is 24.7 Å². The molecule has 31 heavy (non-hydrogen) atoms. The summed E-state index contributed by atoms with van der Waals surface area (Å²) in [5.74, 6) is 1.08. The monoisotopic (exact) mass is 427 g/mol. The Labute approximate surface area is 182 Å². The molecule has 2 aromatic carbocycles. The highest BCUT2D eigenvalue weighted by Gasteiger charge is 2.22. The Bertz CT molecular complexity index is 940. The van der Waals surface area contributed by atoms with E-state index in [9.17, 15) is 9.59 Å². The van der Waals surface area contributed by atoms with Gasteiger partial charge in [-0.1, -0.05) is 26.0 Å². The third-order valence-corrected chi connectivity index (χ3v) is 5.11. The highest BCUT2D eigenvalue weighted by molar-refractivity contribution is 5.81. The molecular weight excluding hydrogens is 398 g/mol. The molecule has 0 fully saturated rings. The largest absolute Gasteiger partial charge is 0.486 e. The molecule has 0 radical (unpaired) electrons.